The molecule has 1 rings (SSSR count). The summed E-state index contributed by atoms with van der Waals surface area (Å²) in [7, 11) is 0. The summed E-state index contributed by atoms with van der Waals surface area (Å²) in [6.45, 7) is 16.4. The summed E-state index contributed by atoms with van der Waals surface area (Å²) in [5.74, 6) is -0.987. The SMILES string of the molecule is CCCC(O)(CCC)[C@@H](C(C)C)N(C(=O)C1(C(N)=O)CCCC1)[C@H](C(C)C)C(O)(CCC)CCC. The van der Waals surface area contributed by atoms with E-state index in [1.165, 1.54) is 0 Å². The highest BCUT2D eigenvalue weighted by molar-refractivity contribution is 6.05. The summed E-state index contributed by atoms with van der Waals surface area (Å²) >= 11 is 0. The average molecular weight is 497 g/mol. The minimum atomic E-state index is -1.26. The lowest BCUT2D eigenvalue weighted by Gasteiger charge is -2.55. The topological polar surface area (TPSA) is 104 Å². The molecule has 206 valence electrons. The van der Waals surface area contributed by atoms with Crippen molar-refractivity contribution in [3.8, 4) is 0 Å². The van der Waals surface area contributed by atoms with E-state index >= 15 is 0 Å². The van der Waals surface area contributed by atoms with Gasteiger partial charge >= 0.3 is 0 Å². The smallest absolute Gasteiger partial charge is 0.238 e. The third-order valence-corrected chi connectivity index (χ3v) is 8.27. The van der Waals surface area contributed by atoms with Crippen molar-refractivity contribution in [2.45, 2.75) is 156 Å². The molecule has 4 N–H and O–H groups in total. The summed E-state index contributed by atoms with van der Waals surface area (Å²) in [6, 6.07) is -1.06. The lowest BCUT2D eigenvalue weighted by Crippen LogP contribution is -2.69. The third-order valence-electron chi connectivity index (χ3n) is 8.27. The van der Waals surface area contributed by atoms with E-state index in [0.717, 1.165) is 38.5 Å². The first kappa shape index (κ1) is 31.9. The maximum atomic E-state index is 14.7. The molecule has 1 saturated carbocycles. The Balaban J connectivity index is 3.97. The molecule has 2 atom stereocenters. The first-order valence-corrected chi connectivity index (χ1v) is 14.4. The first-order valence-electron chi connectivity index (χ1n) is 14.4. The van der Waals surface area contributed by atoms with Gasteiger partial charge in [-0.15, -0.1) is 0 Å². The number of hydrogen-bond donors (Lipinski definition) is 3. The summed E-state index contributed by atoms with van der Waals surface area (Å²) in [6.07, 6.45) is 7.79. The Morgan fingerprint density at radius 2 is 1.09 bits per heavy atom. The van der Waals surface area contributed by atoms with Crippen LogP contribution < -0.4 is 5.73 Å². The molecule has 6 heteroatoms. The third kappa shape index (κ3) is 6.80. The van der Waals surface area contributed by atoms with E-state index in [-0.39, 0.29) is 17.7 Å². The van der Waals surface area contributed by atoms with Gasteiger partial charge in [-0.2, -0.15) is 0 Å². The minimum absolute atomic E-state index is 0.0675. The maximum absolute atomic E-state index is 14.7. The number of amides is 2. The second kappa shape index (κ2) is 13.4. The molecule has 35 heavy (non-hydrogen) atoms. The van der Waals surface area contributed by atoms with Gasteiger partial charge in [-0.1, -0.05) is 93.9 Å². The van der Waals surface area contributed by atoms with Gasteiger partial charge in [0.1, 0.15) is 5.41 Å². The van der Waals surface area contributed by atoms with Crippen molar-refractivity contribution >= 4 is 11.8 Å². The Morgan fingerprint density at radius 1 is 0.771 bits per heavy atom. The van der Waals surface area contributed by atoms with Crippen LogP contribution in [-0.4, -0.2) is 50.2 Å². The Hall–Kier alpha value is -1.14. The number of primary amides is 1. The van der Waals surface area contributed by atoms with Crippen molar-refractivity contribution in [3.63, 3.8) is 0 Å². The fourth-order valence-electron chi connectivity index (χ4n) is 7.19. The van der Waals surface area contributed by atoms with Crippen LogP contribution in [0, 0.1) is 17.3 Å². The minimum Gasteiger partial charge on any atom is -0.388 e. The van der Waals surface area contributed by atoms with Crippen molar-refractivity contribution in [1.82, 2.24) is 4.90 Å². The molecule has 0 saturated heterocycles. The van der Waals surface area contributed by atoms with Crippen molar-refractivity contribution in [2.24, 2.45) is 23.0 Å². The fourth-order valence-corrected chi connectivity index (χ4v) is 7.19. The molecule has 0 aliphatic heterocycles. The Bertz CT molecular complexity index is 624. The molecular weight excluding hydrogens is 440 g/mol. The number of nitrogens with zero attached hydrogens (tertiary/aromatic N) is 1. The maximum Gasteiger partial charge on any atom is 0.238 e. The van der Waals surface area contributed by atoms with Gasteiger partial charge in [-0.3, -0.25) is 9.59 Å². The van der Waals surface area contributed by atoms with E-state index in [2.05, 4.69) is 27.7 Å². The highest BCUT2D eigenvalue weighted by Crippen LogP contribution is 2.46. The zero-order valence-corrected chi connectivity index (χ0v) is 24.0. The molecule has 0 unspecified atom stereocenters. The molecule has 0 radical (unpaired) electrons. The molecule has 0 heterocycles. The number of rotatable bonds is 16. The highest BCUT2D eigenvalue weighted by Gasteiger charge is 2.57. The molecule has 0 aromatic rings. The van der Waals surface area contributed by atoms with Crippen LogP contribution in [0.4, 0.5) is 0 Å². The van der Waals surface area contributed by atoms with Crippen LogP contribution in [0.1, 0.15) is 132 Å². The van der Waals surface area contributed by atoms with Crippen LogP contribution >= 0.6 is 0 Å². The molecule has 1 aliphatic carbocycles. The number of aliphatic hydroxyl groups is 2. The summed E-state index contributed by atoms with van der Waals surface area (Å²) < 4.78 is 0. The van der Waals surface area contributed by atoms with E-state index in [4.69, 9.17) is 5.73 Å². The summed E-state index contributed by atoms with van der Waals surface area (Å²) in [5, 5.41) is 24.4. The fraction of sp³-hybridized carbons (Fsp3) is 0.931. The van der Waals surface area contributed by atoms with Gasteiger partial charge < -0.3 is 20.8 Å². The zero-order valence-electron chi connectivity index (χ0n) is 24.0. The summed E-state index contributed by atoms with van der Waals surface area (Å²) in [5.41, 5.74) is 2.47. The quantitative estimate of drug-likeness (QED) is 0.243. The van der Waals surface area contributed by atoms with Gasteiger partial charge in [-0.25, -0.2) is 0 Å². The predicted octanol–water partition coefficient (Wildman–Crippen LogP) is 5.57. The molecular formula is C29H56N2O4. The first-order chi connectivity index (χ1) is 16.3. The average Bonchev–Trinajstić information content (AvgIpc) is 3.24. The second-order valence-corrected chi connectivity index (χ2v) is 12.0. The molecule has 0 aromatic heterocycles. The van der Waals surface area contributed by atoms with Crippen molar-refractivity contribution in [1.29, 1.82) is 0 Å². The predicted molar refractivity (Wildman–Crippen MR) is 144 cm³/mol. The van der Waals surface area contributed by atoms with Crippen LogP contribution in [0.2, 0.25) is 0 Å². The monoisotopic (exact) mass is 496 g/mol. The van der Waals surface area contributed by atoms with Gasteiger partial charge in [0.2, 0.25) is 11.8 Å². The van der Waals surface area contributed by atoms with Gasteiger partial charge in [-0.05, 0) is 50.4 Å². The Labute approximate surface area is 215 Å². The number of carbonyl (C=O) groups excluding carboxylic acids is 2. The Morgan fingerprint density at radius 3 is 1.31 bits per heavy atom. The van der Waals surface area contributed by atoms with Gasteiger partial charge in [0.25, 0.3) is 0 Å². The van der Waals surface area contributed by atoms with Gasteiger partial charge in [0, 0.05) is 0 Å². The Kier molecular flexibility index (Phi) is 12.2. The van der Waals surface area contributed by atoms with Crippen LogP contribution in [0.25, 0.3) is 0 Å². The number of hydrogen-bond acceptors (Lipinski definition) is 4. The molecule has 1 fully saturated rings. The van der Waals surface area contributed by atoms with Crippen LogP contribution in [0.3, 0.4) is 0 Å². The van der Waals surface area contributed by atoms with E-state index in [9.17, 15) is 19.8 Å². The highest BCUT2D eigenvalue weighted by atomic mass is 16.3. The van der Waals surface area contributed by atoms with Crippen LogP contribution in [-0.2, 0) is 9.59 Å². The molecule has 0 aromatic carbocycles. The lowest BCUT2D eigenvalue weighted by atomic mass is 9.71. The van der Waals surface area contributed by atoms with Crippen molar-refractivity contribution < 1.29 is 19.8 Å². The van der Waals surface area contributed by atoms with Crippen molar-refractivity contribution in [2.75, 3.05) is 0 Å². The molecule has 2 amide bonds. The van der Waals surface area contributed by atoms with E-state index in [1.54, 1.807) is 0 Å². The molecule has 1 aliphatic rings. The van der Waals surface area contributed by atoms with E-state index in [1.807, 2.05) is 32.6 Å². The van der Waals surface area contributed by atoms with Crippen LogP contribution in [0.15, 0.2) is 0 Å². The van der Waals surface area contributed by atoms with Crippen LogP contribution in [0.5, 0.6) is 0 Å². The normalized spacial score (nSPS) is 18.2. The molecule has 0 bridgehead atoms. The zero-order chi connectivity index (χ0) is 27.0. The van der Waals surface area contributed by atoms with E-state index < -0.39 is 34.6 Å². The van der Waals surface area contributed by atoms with Gasteiger partial charge in [0.15, 0.2) is 0 Å². The van der Waals surface area contributed by atoms with E-state index in [0.29, 0.717) is 38.5 Å². The van der Waals surface area contributed by atoms with Gasteiger partial charge in [0.05, 0.1) is 23.3 Å². The lowest BCUT2D eigenvalue weighted by molar-refractivity contribution is -0.181. The molecule has 0 spiro atoms. The summed E-state index contributed by atoms with van der Waals surface area (Å²) in [4.78, 5) is 29.4. The standard InChI is InChI=1S/C29H56N2O4/c1-9-15-28(34,16-10-2)23(21(5)6)31(26(33)27(25(30)32)19-13-14-20-27)24(22(7)8)29(35,17-11-3)18-12-4/h21-24,34-35H,9-20H2,1-8H3,(H2,30,32)/t23-,24-/m1/s1. The van der Waals surface area contributed by atoms with Crippen molar-refractivity contribution in [3.05, 3.63) is 0 Å². The largest absolute Gasteiger partial charge is 0.388 e. The molecule has 6 nitrogen and oxygen atoms in total. The number of nitrogens with two attached hydrogens (primary N) is 1. The number of carbonyl (C=O) groups is 2. The second-order valence-electron chi connectivity index (χ2n) is 12.0.